The molecule has 1 fully saturated rings. The summed E-state index contributed by atoms with van der Waals surface area (Å²) in [7, 11) is 0. The first kappa shape index (κ1) is 20.9. The molecule has 0 bridgehead atoms. The smallest absolute Gasteiger partial charge is 0.312 e. The maximum Gasteiger partial charge on any atom is 0.312 e. The Balaban J connectivity index is 1.55. The molecule has 0 radical (unpaired) electrons. The van der Waals surface area contributed by atoms with Gasteiger partial charge in [-0.05, 0) is 55.9 Å². The number of nitrogens with zero attached hydrogens (tertiary/aromatic N) is 4. The Labute approximate surface area is 181 Å². The van der Waals surface area contributed by atoms with Crippen LogP contribution in [-0.4, -0.2) is 53.9 Å². The number of fused-ring (bicyclic) bond motifs is 1. The first-order valence-electron chi connectivity index (χ1n) is 10.9. The lowest BCUT2D eigenvalue weighted by atomic mass is 10.0. The third-order valence-corrected chi connectivity index (χ3v) is 6.16. The lowest BCUT2D eigenvalue weighted by molar-refractivity contribution is -0.146. The molecule has 4 rings (SSSR count). The van der Waals surface area contributed by atoms with E-state index in [0.717, 1.165) is 42.5 Å². The molecule has 1 saturated heterocycles. The van der Waals surface area contributed by atoms with E-state index in [0.29, 0.717) is 43.3 Å². The number of furan rings is 1. The predicted octanol–water partition coefficient (Wildman–Crippen LogP) is 2.27. The van der Waals surface area contributed by atoms with Crippen molar-refractivity contribution < 1.29 is 14.0 Å². The van der Waals surface area contributed by atoms with Gasteiger partial charge in [0.25, 0.3) is 0 Å². The number of amides is 2. The van der Waals surface area contributed by atoms with Crippen molar-refractivity contribution in [3.63, 3.8) is 0 Å². The number of nitrogens with one attached hydrogen (secondary N) is 1. The second kappa shape index (κ2) is 8.80. The molecule has 0 unspecified atom stereocenters. The molecular weight excluding hydrogens is 394 g/mol. The zero-order valence-corrected chi connectivity index (χ0v) is 18.0. The quantitative estimate of drug-likeness (QED) is 0.760. The third-order valence-electron chi connectivity index (χ3n) is 6.16. The highest BCUT2D eigenvalue weighted by Crippen LogP contribution is 2.37. The van der Waals surface area contributed by atoms with Gasteiger partial charge in [0, 0.05) is 32.2 Å². The number of carbonyl (C=O) groups excluding carboxylic acids is 2. The zero-order valence-electron chi connectivity index (χ0n) is 18.0. The summed E-state index contributed by atoms with van der Waals surface area (Å²) in [6.45, 7) is 5.68. The Morgan fingerprint density at radius 3 is 2.65 bits per heavy atom. The summed E-state index contributed by atoms with van der Waals surface area (Å²) in [5.41, 5.74) is 3.59. The Morgan fingerprint density at radius 2 is 2.00 bits per heavy atom. The van der Waals surface area contributed by atoms with Crippen molar-refractivity contribution in [3.05, 3.63) is 35.1 Å². The molecule has 0 spiro atoms. The van der Waals surface area contributed by atoms with Crippen LogP contribution in [-0.2, 0) is 22.4 Å². The van der Waals surface area contributed by atoms with E-state index < -0.39 is 11.8 Å². The van der Waals surface area contributed by atoms with Crippen molar-refractivity contribution in [2.75, 3.05) is 31.1 Å². The molecule has 8 nitrogen and oxygen atoms in total. The van der Waals surface area contributed by atoms with Gasteiger partial charge >= 0.3 is 11.8 Å². The van der Waals surface area contributed by atoms with Gasteiger partial charge < -0.3 is 19.5 Å². The predicted molar refractivity (Wildman–Crippen MR) is 115 cm³/mol. The van der Waals surface area contributed by atoms with Crippen molar-refractivity contribution in [3.8, 4) is 17.5 Å². The Hall–Kier alpha value is -3.34. The van der Waals surface area contributed by atoms with Crippen LogP contribution in [0.4, 0.5) is 5.82 Å². The van der Waals surface area contributed by atoms with Crippen LogP contribution < -0.4 is 10.2 Å². The average molecular weight is 422 g/mol. The molecule has 31 heavy (non-hydrogen) atoms. The van der Waals surface area contributed by atoms with Gasteiger partial charge in [-0.25, -0.2) is 4.98 Å². The van der Waals surface area contributed by atoms with E-state index in [2.05, 4.69) is 11.4 Å². The second-order valence-corrected chi connectivity index (χ2v) is 8.12. The van der Waals surface area contributed by atoms with Crippen LogP contribution in [0.1, 0.15) is 43.4 Å². The summed E-state index contributed by atoms with van der Waals surface area (Å²) < 4.78 is 5.62. The van der Waals surface area contributed by atoms with Crippen LogP contribution in [0.15, 0.2) is 22.8 Å². The lowest BCUT2D eigenvalue weighted by Crippen LogP contribution is -2.53. The van der Waals surface area contributed by atoms with E-state index in [1.807, 2.05) is 30.9 Å². The number of pyridine rings is 1. The normalized spacial score (nSPS) is 16.5. The molecule has 0 saturated carbocycles. The van der Waals surface area contributed by atoms with Gasteiger partial charge in [-0.1, -0.05) is 6.92 Å². The average Bonchev–Trinajstić information content (AvgIpc) is 3.50. The molecule has 3 heterocycles. The number of aromatic nitrogens is 1. The molecular formula is C23H27N5O3. The standard InChI is InChI=1S/C23H27N5O3/c1-3-15(2)25-22(29)23(30)28-11-9-27(10-12-28)21-18(14-24)16-6-4-7-17(16)20(26-21)19-8-5-13-31-19/h5,8,13,15H,3-4,6-7,9-12H2,1-2H3,(H,25,29)/t15-/m0/s1. The van der Waals surface area contributed by atoms with Crippen molar-refractivity contribution in [2.45, 2.75) is 45.6 Å². The van der Waals surface area contributed by atoms with Crippen LogP contribution in [0, 0.1) is 11.3 Å². The molecule has 1 aliphatic carbocycles. The van der Waals surface area contributed by atoms with Crippen LogP contribution in [0.5, 0.6) is 0 Å². The molecule has 1 aliphatic heterocycles. The summed E-state index contributed by atoms with van der Waals surface area (Å²) in [4.78, 5) is 33.2. The fourth-order valence-corrected chi connectivity index (χ4v) is 4.26. The van der Waals surface area contributed by atoms with E-state index >= 15 is 0 Å². The SMILES string of the molecule is CC[C@H](C)NC(=O)C(=O)N1CCN(c2nc(-c3ccco3)c3c(c2C#N)CCC3)CC1. The van der Waals surface area contributed by atoms with Crippen molar-refractivity contribution in [1.82, 2.24) is 15.2 Å². The first-order chi connectivity index (χ1) is 15.0. The van der Waals surface area contributed by atoms with E-state index in [9.17, 15) is 14.9 Å². The van der Waals surface area contributed by atoms with E-state index in [4.69, 9.17) is 9.40 Å². The van der Waals surface area contributed by atoms with Crippen molar-refractivity contribution >= 4 is 17.6 Å². The number of nitriles is 1. The van der Waals surface area contributed by atoms with Gasteiger partial charge in [0.2, 0.25) is 0 Å². The fourth-order valence-electron chi connectivity index (χ4n) is 4.26. The molecule has 2 aromatic rings. The summed E-state index contributed by atoms with van der Waals surface area (Å²) in [5.74, 6) is 0.292. The van der Waals surface area contributed by atoms with Gasteiger partial charge in [-0.2, -0.15) is 5.26 Å². The molecule has 8 heteroatoms. The molecule has 162 valence electrons. The topological polar surface area (TPSA) is 102 Å². The molecule has 1 N–H and O–H groups in total. The van der Waals surface area contributed by atoms with Gasteiger partial charge in [0.1, 0.15) is 17.6 Å². The molecule has 2 amide bonds. The minimum Gasteiger partial charge on any atom is -0.463 e. The molecule has 1 atom stereocenters. The van der Waals surface area contributed by atoms with Gasteiger partial charge in [-0.3, -0.25) is 9.59 Å². The monoisotopic (exact) mass is 421 g/mol. The Morgan fingerprint density at radius 1 is 1.26 bits per heavy atom. The van der Waals surface area contributed by atoms with E-state index in [1.54, 1.807) is 11.2 Å². The van der Waals surface area contributed by atoms with Crippen LogP contribution in [0.3, 0.4) is 0 Å². The number of hydrogen-bond acceptors (Lipinski definition) is 6. The van der Waals surface area contributed by atoms with Crippen LogP contribution >= 0.6 is 0 Å². The minimum atomic E-state index is -0.559. The second-order valence-electron chi connectivity index (χ2n) is 8.12. The number of rotatable bonds is 4. The Kier molecular flexibility index (Phi) is 5.94. The van der Waals surface area contributed by atoms with Gasteiger partial charge in [0.15, 0.2) is 5.76 Å². The van der Waals surface area contributed by atoms with Crippen molar-refractivity contribution in [1.29, 1.82) is 5.26 Å². The number of piperazine rings is 1. The Bertz CT molecular complexity index is 1020. The largest absolute Gasteiger partial charge is 0.463 e. The maximum absolute atomic E-state index is 12.5. The molecule has 2 aliphatic rings. The summed E-state index contributed by atoms with van der Waals surface area (Å²) in [6.07, 6.45) is 5.14. The minimum absolute atomic E-state index is 0.0356. The highest BCUT2D eigenvalue weighted by atomic mass is 16.3. The van der Waals surface area contributed by atoms with Crippen LogP contribution in [0.2, 0.25) is 0 Å². The number of carbonyl (C=O) groups is 2. The van der Waals surface area contributed by atoms with E-state index in [1.165, 1.54) is 0 Å². The summed E-state index contributed by atoms with van der Waals surface area (Å²) >= 11 is 0. The van der Waals surface area contributed by atoms with Gasteiger partial charge in [-0.15, -0.1) is 0 Å². The van der Waals surface area contributed by atoms with Gasteiger partial charge in [0.05, 0.1) is 11.8 Å². The first-order valence-corrected chi connectivity index (χ1v) is 10.9. The maximum atomic E-state index is 12.5. The third kappa shape index (κ3) is 4.00. The van der Waals surface area contributed by atoms with Crippen LogP contribution in [0.25, 0.3) is 11.5 Å². The lowest BCUT2D eigenvalue weighted by Gasteiger charge is -2.36. The highest BCUT2D eigenvalue weighted by molar-refractivity contribution is 6.35. The van der Waals surface area contributed by atoms with E-state index in [-0.39, 0.29) is 6.04 Å². The zero-order chi connectivity index (χ0) is 22.0. The molecule has 0 aromatic carbocycles. The highest BCUT2D eigenvalue weighted by Gasteiger charge is 2.31. The summed E-state index contributed by atoms with van der Waals surface area (Å²) in [6, 6.07) is 6.06. The fraction of sp³-hybridized carbons (Fsp3) is 0.478. The van der Waals surface area contributed by atoms with Crippen molar-refractivity contribution in [2.24, 2.45) is 0 Å². The summed E-state index contributed by atoms with van der Waals surface area (Å²) in [5, 5.41) is 12.6. The molecule has 2 aromatic heterocycles. The number of anilines is 1. The number of hydrogen-bond donors (Lipinski definition) is 1.